The van der Waals surface area contributed by atoms with E-state index in [1.54, 1.807) is 0 Å². The molecule has 8 nitrogen and oxygen atoms in total. The van der Waals surface area contributed by atoms with E-state index in [4.69, 9.17) is 14.2 Å². The van der Waals surface area contributed by atoms with E-state index in [2.05, 4.69) is 5.32 Å². The van der Waals surface area contributed by atoms with Crippen molar-refractivity contribution in [2.75, 3.05) is 20.3 Å². The summed E-state index contributed by atoms with van der Waals surface area (Å²) in [6.07, 6.45) is 3.64. The topological polar surface area (TPSA) is 103 Å². The highest BCUT2D eigenvalue weighted by molar-refractivity contribution is 5.96. The van der Waals surface area contributed by atoms with Gasteiger partial charge in [0, 0.05) is 30.7 Å². The van der Waals surface area contributed by atoms with Crippen molar-refractivity contribution in [2.45, 2.75) is 26.4 Å². The van der Waals surface area contributed by atoms with Gasteiger partial charge in [-0.05, 0) is 32.1 Å². The van der Waals surface area contributed by atoms with Crippen LogP contribution in [0.5, 0.6) is 11.5 Å². The molecule has 0 radical (unpaired) electrons. The highest BCUT2D eigenvalue weighted by Crippen LogP contribution is 2.35. The van der Waals surface area contributed by atoms with Crippen LogP contribution >= 0.6 is 0 Å². The number of ether oxygens (including phenoxy) is 3. The van der Waals surface area contributed by atoms with E-state index < -0.39 is 24.5 Å². The first-order valence-electron chi connectivity index (χ1n) is 8.25. The molecular weight excluding hydrogens is 340 g/mol. The van der Waals surface area contributed by atoms with Gasteiger partial charge in [0.2, 0.25) is 0 Å². The third-order valence-corrected chi connectivity index (χ3v) is 3.55. The lowest BCUT2D eigenvalue weighted by Gasteiger charge is -2.10. The van der Waals surface area contributed by atoms with Gasteiger partial charge in [-0.1, -0.05) is 0 Å². The fraction of sp³-hybridized carbons (Fsp3) is 0.389. The second kappa shape index (κ2) is 8.89. The summed E-state index contributed by atoms with van der Waals surface area (Å²) in [6.45, 7) is 3.79. The second-order valence-corrected chi connectivity index (χ2v) is 5.63. The molecule has 26 heavy (non-hydrogen) atoms. The van der Waals surface area contributed by atoms with Gasteiger partial charge in [-0.3, -0.25) is 10.1 Å². The number of amides is 3. The quantitative estimate of drug-likeness (QED) is 0.586. The van der Waals surface area contributed by atoms with E-state index in [0.29, 0.717) is 17.9 Å². The van der Waals surface area contributed by atoms with Crippen molar-refractivity contribution < 1.29 is 28.6 Å². The molecule has 0 unspecified atom stereocenters. The van der Waals surface area contributed by atoms with Crippen LogP contribution in [0.25, 0.3) is 6.08 Å². The number of rotatable bonds is 6. The van der Waals surface area contributed by atoms with Gasteiger partial charge < -0.3 is 19.5 Å². The summed E-state index contributed by atoms with van der Waals surface area (Å²) >= 11 is 0. The van der Waals surface area contributed by atoms with Crippen LogP contribution in [0.15, 0.2) is 18.2 Å². The van der Waals surface area contributed by atoms with Crippen LogP contribution < -0.4 is 20.1 Å². The summed E-state index contributed by atoms with van der Waals surface area (Å²) in [7, 11) is 1.37. The van der Waals surface area contributed by atoms with Gasteiger partial charge in [-0.15, -0.1) is 0 Å². The van der Waals surface area contributed by atoms with E-state index in [-0.39, 0.29) is 6.10 Å². The van der Waals surface area contributed by atoms with Crippen LogP contribution in [-0.4, -0.2) is 44.3 Å². The Balaban J connectivity index is 2.00. The molecule has 0 bridgehead atoms. The van der Waals surface area contributed by atoms with Gasteiger partial charge in [-0.2, -0.15) is 0 Å². The number of imide groups is 1. The maximum absolute atomic E-state index is 11.8. The summed E-state index contributed by atoms with van der Waals surface area (Å²) in [5, 5.41) is 4.21. The van der Waals surface area contributed by atoms with Crippen molar-refractivity contribution in [1.29, 1.82) is 0 Å². The number of benzene rings is 1. The Morgan fingerprint density at radius 3 is 2.81 bits per heavy atom. The molecule has 8 heteroatoms. The third-order valence-electron chi connectivity index (χ3n) is 3.55. The minimum atomic E-state index is -0.721. The monoisotopic (exact) mass is 362 g/mol. The average Bonchev–Trinajstić information content (AvgIpc) is 2.96. The fourth-order valence-electron chi connectivity index (χ4n) is 2.43. The Bertz CT molecular complexity index is 729. The van der Waals surface area contributed by atoms with E-state index in [0.717, 1.165) is 17.7 Å². The number of hydrogen-bond acceptors (Lipinski definition) is 6. The van der Waals surface area contributed by atoms with Crippen LogP contribution in [0, 0.1) is 0 Å². The van der Waals surface area contributed by atoms with E-state index in [9.17, 15) is 14.4 Å². The lowest BCUT2D eigenvalue weighted by atomic mass is 10.1. The number of fused-ring (bicyclic) bond motifs is 1. The third kappa shape index (κ3) is 5.23. The van der Waals surface area contributed by atoms with Gasteiger partial charge in [0.05, 0.1) is 6.61 Å². The SMILES string of the molecule is CCOc1cc2c(cc1/C=C/C(=O)OCC(=O)NC(=O)NC)O[C@@H](C)C2. The highest BCUT2D eigenvalue weighted by Gasteiger charge is 2.21. The molecule has 0 fully saturated rings. The van der Waals surface area contributed by atoms with Gasteiger partial charge >= 0.3 is 12.0 Å². The number of carbonyl (C=O) groups is 3. The first kappa shape index (κ1) is 19.3. The molecule has 0 saturated carbocycles. The minimum Gasteiger partial charge on any atom is -0.493 e. The molecule has 0 saturated heterocycles. The van der Waals surface area contributed by atoms with Gasteiger partial charge in [-0.25, -0.2) is 9.59 Å². The number of carbonyl (C=O) groups excluding carboxylic acids is 3. The maximum Gasteiger partial charge on any atom is 0.331 e. The largest absolute Gasteiger partial charge is 0.493 e. The van der Waals surface area contributed by atoms with Crippen LogP contribution in [0.1, 0.15) is 25.0 Å². The van der Waals surface area contributed by atoms with Crippen LogP contribution in [0.4, 0.5) is 4.79 Å². The molecule has 3 amide bonds. The molecule has 2 rings (SSSR count). The van der Waals surface area contributed by atoms with Gasteiger partial charge in [0.25, 0.3) is 5.91 Å². The normalized spacial score (nSPS) is 15.1. The Kier molecular flexibility index (Phi) is 6.60. The Labute approximate surface area is 151 Å². The molecule has 1 aromatic carbocycles. The standard InChI is InChI=1S/C18H22N2O6/c1-4-24-14-9-13-7-11(2)26-15(13)8-12(14)5-6-17(22)25-10-16(21)20-18(23)19-3/h5-6,8-9,11H,4,7,10H2,1-3H3,(H2,19,20,21,23)/b6-5+/t11-/m0/s1. The fourth-order valence-corrected chi connectivity index (χ4v) is 2.43. The maximum atomic E-state index is 11.8. The first-order chi connectivity index (χ1) is 12.4. The summed E-state index contributed by atoms with van der Waals surface area (Å²) in [5.41, 5.74) is 1.73. The minimum absolute atomic E-state index is 0.0995. The number of urea groups is 1. The van der Waals surface area contributed by atoms with Crippen molar-refractivity contribution in [3.8, 4) is 11.5 Å². The zero-order valence-corrected chi connectivity index (χ0v) is 15.0. The number of nitrogens with one attached hydrogen (secondary N) is 2. The van der Waals surface area contributed by atoms with Gasteiger partial charge in [0.1, 0.15) is 17.6 Å². The zero-order chi connectivity index (χ0) is 19.1. The molecule has 1 heterocycles. The lowest BCUT2D eigenvalue weighted by Crippen LogP contribution is -2.39. The molecule has 140 valence electrons. The summed E-state index contributed by atoms with van der Waals surface area (Å²) in [4.78, 5) is 34.1. The molecule has 0 spiro atoms. The summed E-state index contributed by atoms with van der Waals surface area (Å²) in [6, 6.07) is 3.05. The Morgan fingerprint density at radius 2 is 2.12 bits per heavy atom. The van der Waals surface area contributed by atoms with Gasteiger partial charge in [0.15, 0.2) is 6.61 Å². The molecule has 0 aliphatic carbocycles. The summed E-state index contributed by atoms with van der Waals surface area (Å²) in [5.74, 6) is -0.0281. The number of hydrogen-bond donors (Lipinski definition) is 2. The van der Waals surface area contributed by atoms with Crippen molar-refractivity contribution in [3.05, 3.63) is 29.3 Å². The molecule has 0 aromatic heterocycles. The van der Waals surface area contributed by atoms with E-state index in [1.165, 1.54) is 19.2 Å². The molecule has 1 aliphatic rings. The van der Waals surface area contributed by atoms with Crippen LogP contribution in [-0.2, 0) is 20.7 Å². The average molecular weight is 362 g/mol. The number of esters is 1. The first-order valence-corrected chi connectivity index (χ1v) is 8.25. The lowest BCUT2D eigenvalue weighted by molar-refractivity contribution is -0.143. The van der Waals surface area contributed by atoms with E-state index in [1.807, 2.05) is 31.3 Å². The predicted octanol–water partition coefficient (Wildman–Crippen LogP) is 1.42. The van der Waals surface area contributed by atoms with E-state index >= 15 is 0 Å². The van der Waals surface area contributed by atoms with Crippen molar-refractivity contribution in [1.82, 2.24) is 10.6 Å². The molecule has 1 aliphatic heterocycles. The highest BCUT2D eigenvalue weighted by atomic mass is 16.5. The smallest absolute Gasteiger partial charge is 0.331 e. The van der Waals surface area contributed by atoms with Crippen LogP contribution in [0.3, 0.4) is 0 Å². The van der Waals surface area contributed by atoms with Crippen molar-refractivity contribution in [3.63, 3.8) is 0 Å². The molecule has 1 aromatic rings. The van der Waals surface area contributed by atoms with Crippen LogP contribution in [0.2, 0.25) is 0 Å². The van der Waals surface area contributed by atoms with Crippen molar-refractivity contribution >= 4 is 24.0 Å². The predicted molar refractivity (Wildman–Crippen MR) is 94.0 cm³/mol. The molecule has 1 atom stereocenters. The zero-order valence-electron chi connectivity index (χ0n) is 15.0. The molecule has 2 N–H and O–H groups in total. The molecular formula is C18H22N2O6. The van der Waals surface area contributed by atoms with Crippen molar-refractivity contribution in [2.24, 2.45) is 0 Å². The summed E-state index contributed by atoms with van der Waals surface area (Å²) < 4.78 is 16.1. The second-order valence-electron chi connectivity index (χ2n) is 5.63. The Morgan fingerprint density at radius 1 is 1.35 bits per heavy atom. The Hall–Kier alpha value is -3.03.